The Labute approximate surface area is 208 Å². The van der Waals surface area contributed by atoms with Gasteiger partial charge in [-0.1, -0.05) is 31.0 Å². The van der Waals surface area contributed by atoms with Gasteiger partial charge in [0.2, 0.25) is 0 Å². The molecular formula is C27H38N2O4S. The number of ether oxygens (including phenoxy) is 2. The Bertz CT molecular complexity index is 1010. The van der Waals surface area contributed by atoms with E-state index in [2.05, 4.69) is 5.43 Å². The van der Waals surface area contributed by atoms with Crippen LogP contribution in [-0.4, -0.2) is 47.1 Å². The fourth-order valence-corrected chi connectivity index (χ4v) is 4.27. The first-order valence-electron chi connectivity index (χ1n) is 11.7. The minimum absolute atomic E-state index is 0.0632. The molecule has 2 aromatic rings. The summed E-state index contributed by atoms with van der Waals surface area (Å²) in [5, 5.41) is 1.40. The van der Waals surface area contributed by atoms with Gasteiger partial charge < -0.3 is 9.47 Å². The van der Waals surface area contributed by atoms with Crippen molar-refractivity contribution in [1.29, 1.82) is 0 Å². The van der Waals surface area contributed by atoms with Crippen molar-refractivity contribution in [2.24, 2.45) is 0 Å². The molecule has 186 valence electrons. The van der Waals surface area contributed by atoms with Gasteiger partial charge in [0.25, 0.3) is 11.8 Å². The largest absolute Gasteiger partial charge is 0.486 e. The zero-order valence-corrected chi connectivity index (χ0v) is 22.7. The number of hydrogen-bond acceptors (Lipinski definition) is 5. The van der Waals surface area contributed by atoms with Gasteiger partial charge in [-0.15, -0.1) is 0 Å². The molecule has 2 aromatic carbocycles. The fraction of sp³-hybridized carbons (Fsp3) is 0.481. The minimum atomic E-state index is -0.629. The average molecular weight is 487 g/mol. The zero-order chi connectivity index (χ0) is 25.6. The van der Waals surface area contributed by atoms with Crippen molar-refractivity contribution in [3.05, 3.63) is 58.1 Å². The summed E-state index contributed by atoms with van der Waals surface area (Å²) < 4.78 is 11.9. The highest BCUT2D eigenvalue weighted by atomic mass is 32.2. The maximum Gasteiger partial charge on any atom is 0.272 e. The van der Waals surface area contributed by atoms with E-state index in [1.54, 1.807) is 23.9 Å². The van der Waals surface area contributed by atoms with Gasteiger partial charge in [-0.05, 0) is 72.1 Å². The SMILES string of the molecule is CC.CSC[C@H]1COc2ccc(C(=O)NN(C(=O)c3cc(C)cc(C)c3)C(C)(C)C)c(C)c2O1. The Morgan fingerprint density at radius 3 is 2.26 bits per heavy atom. The highest BCUT2D eigenvalue weighted by Gasteiger charge is 2.31. The standard InChI is InChI=1S/C25H32N2O4S.C2H6/c1-15-10-16(2)12-18(11-15)24(29)27(25(4,5)6)26-23(28)20-8-9-21-22(17(20)3)31-19(13-30-21)14-32-7;1-2/h8-12,19H,13-14H2,1-7H3,(H,26,28);1-2H3/t19-;/m1./s1. The summed E-state index contributed by atoms with van der Waals surface area (Å²) in [5.41, 5.74) is 5.88. The number of carbonyl (C=O) groups excluding carboxylic acids is 2. The van der Waals surface area contributed by atoms with Crippen molar-refractivity contribution >= 4 is 23.6 Å². The summed E-state index contributed by atoms with van der Waals surface area (Å²) in [6.45, 7) is 15.9. The molecule has 1 N–H and O–H groups in total. The molecule has 1 atom stereocenters. The number of fused-ring (bicyclic) bond motifs is 1. The molecule has 0 saturated heterocycles. The summed E-state index contributed by atoms with van der Waals surface area (Å²) in [6, 6.07) is 9.14. The predicted octanol–water partition coefficient (Wildman–Crippen LogP) is 5.73. The van der Waals surface area contributed by atoms with Crippen LogP contribution in [0, 0.1) is 20.8 Å². The normalized spacial score (nSPS) is 14.6. The first kappa shape index (κ1) is 27.6. The molecule has 0 aliphatic carbocycles. The minimum Gasteiger partial charge on any atom is -0.486 e. The van der Waals surface area contributed by atoms with Crippen LogP contribution in [0.1, 0.15) is 72.0 Å². The van der Waals surface area contributed by atoms with Crippen LogP contribution in [0.15, 0.2) is 30.3 Å². The van der Waals surface area contributed by atoms with Crippen LogP contribution in [0.4, 0.5) is 0 Å². The summed E-state index contributed by atoms with van der Waals surface area (Å²) in [4.78, 5) is 26.6. The maximum atomic E-state index is 13.4. The molecule has 3 rings (SSSR count). The smallest absolute Gasteiger partial charge is 0.272 e. The number of amides is 2. The number of aryl methyl sites for hydroxylation is 2. The van der Waals surface area contributed by atoms with Gasteiger partial charge in [0.05, 0.1) is 5.54 Å². The lowest BCUT2D eigenvalue weighted by atomic mass is 10.0. The van der Waals surface area contributed by atoms with Crippen LogP contribution < -0.4 is 14.9 Å². The molecule has 0 saturated carbocycles. The van der Waals surface area contributed by atoms with Crippen LogP contribution >= 0.6 is 11.8 Å². The molecule has 34 heavy (non-hydrogen) atoms. The second kappa shape index (κ2) is 11.6. The molecule has 0 unspecified atom stereocenters. The first-order valence-corrected chi connectivity index (χ1v) is 13.1. The molecule has 6 nitrogen and oxygen atoms in total. The van der Waals surface area contributed by atoms with Crippen LogP contribution in [-0.2, 0) is 0 Å². The number of rotatable bonds is 4. The van der Waals surface area contributed by atoms with Crippen LogP contribution in [0.5, 0.6) is 11.5 Å². The third-order valence-corrected chi connectivity index (χ3v) is 5.94. The van der Waals surface area contributed by atoms with E-state index in [1.807, 2.05) is 79.8 Å². The van der Waals surface area contributed by atoms with Crippen LogP contribution in [0.25, 0.3) is 0 Å². The van der Waals surface area contributed by atoms with E-state index in [-0.39, 0.29) is 17.9 Å². The molecule has 0 fully saturated rings. The third-order valence-electron chi connectivity index (χ3n) is 5.23. The number of nitrogens with one attached hydrogen (secondary N) is 1. The van der Waals surface area contributed by atoms with Gasteiger partial charge in [-0.25, -0.2) is 5.01 Å². The molecule has 1 aliphatic heterocycles. The predicted molar refractivity (Wildman–Crippen MR) is 140 cm³/mol. The summed E-state index contributed by atoms with van der Waals surface area (Å²) in [7, 11) is 0. The number of hydrazine groups is 1. The lowest BCUT2D eigenvalue weighted by Gasteiger charge is -2.36. The van der Waals surface area contributed by atoms with Gasteiger partial charge in [0.1, 0.15) is 12.7 Å². The average Bonchev–Trinajstić information content (AvgIpc) is 2.77. The molecule has 0 bridgehead atoms. The summed E-state index contributed by atoms with van der Waals surface area (Å²) in [5.74, 6) is 1.40. The maximum absolute atomic E-state index is 13.4. The zero-order valence-electron chi connectivity index (χ0n) is 21.9. The number of nitrogens with zero attached hydrogens (tertiary/aromatic N) is 1. The molecule has 1 aliphatic rings. The lowest BCUT2D eigenvalue weighted by Crippen LogP contribution is -2.56. The second-order valence-corrected chi connectivity index (χ2v) is 10.1. The molecule has 0 spiro atoms. The Kier molecular flexibility index (Phi) is 9.45. The number of hydrogen-bond donors (Lipinski definition) is 1. The van der Waals surface area contributed by atoms with Gasteiger partial charge in [-0.3, -0.25) is 15.0 Å². The van der Waals surface area contributed by atoms with Crippen molar-refractivity contribution < 1.29 is 19.1 Å². The molecule has 7 heteroatoms. The van der Waals surface area contributed by atoms with Gasteiger partial charge in [0, 0.05) is 22.4 Å². The van der Waals surface area contributed by atoms with Crippen molar-refractivity contribution in [1.82, 2.24) is 10.4 Å². The Hall–Kier alpha value is -2.67. The Balaban J connectivity index is 0.00000199. The highest BCUT2D eigenvalue weighted by Crippen LogP contribution is 2.37. The number of thioether (sulfide) groups is 1. The van der Waals surface area contributed by atoms with Gasteiger partial charge >= 0.3 is 0 Å². The van der Waals surface area contributed by atoms with E-state index in [1.165, 1.54) is 5.01 Å². The Morgan fingerprint density at radius 2 is 1.71 bits per heavy atom. The molecule has 2 amide bonds. The first-order chi connectivity index (χ1) is 16.0. The topological polar surface area (TPSA) is 67.9 Å². The van der Waals surface area contributed by atoms with E-state index < -0.39 is 5.54 Å². The quantitative estimate of drug-likeness (QED) is 0.559. The third kappa shape index (κ3) is 6.47. The van der Waals surface area contributed by atoms with E-state index in [0.717, 1.165) is 16.9 Å². The van der Waals surface area contributed by atoms with E-state index >= 15 is 0 Å². The van der Waals surface area contributed by atoms with E-state index in [0.29, 0.717) is 34.8 Å². The lowest BCUT2D eigenvalue weighted by molar-refractivity contribution is 0.0357. The van der Waals surface area contributed by atoms with Gasteiger partial charge in [0.15, 0.2) is 11.5 Å². The highest BCUT2D eigenvalue weighted by molar-refractivity contribution is 7.98. The fourth-order valence-electron chi connectivity index (χ4n) is 3.74. The van der Waals surface area contributed by atoms with E-state index in [4.69, 9.17) is 9.47 Å². The molecular weight excluding hydrogens is 448 g/mol. The monoisotopic (exact) mass is 486 g/mol. The van der Waals surface area contributed by atoms with Gasteiger partial charge in [-0.2, -0.15) is 11.8 Å². The molecule has 0 radical (unpaired) electrons. The van der Waals surface area contributed by atoms with Crippen molar-refractivity contribution in [2.75, 3.05) is 18.6 Å². The van der Waals surface area contributed by atoms with Crippen molar-refractivity contribution in [2.45, 2.75) is 67.0 Å². The van der Waals surface area contributed by atoms with Crippen molar-refractivity contribution in [3.8, 4) is 11.5 Å². The number of carbonyl (C=O) groups is 2. The van der Waals surface area contributed by atoms with Crippen LogP contribution in [0.2, 0.25) is 0 Å². The van der Waals surface area contributed by atoms with Crippen LogP contribution in [0.3, 0.4) is 0 Å². The summed E-state index contributed by atoms with van der Waals surface area (Å²) >= 11 is 1.68. The van der Waals surface area contributed by atoms with E-state index in [9.17, 15) is 9.59 Å². The number of benzene rings is 2. The van der Waals surface area contributed by atoms with Crippen molar-refractivity contribution in [3.63, 3.8) is 0 Å². The molecule has 1 heterocycles. The summed E-state index contributed by atoms with van der Waals surface area (Å²) in [6.07, 6.45) is 1.95. The second-order valence-electron chi connectivity index (χ2n) is 9.20. The molecule has 0 aromatic heterocycles. The Morgan fingerprint density at radius 1 is 1.09 bits per heavy atom.